The van der Waals surface area contributed by atoms with Crippen molar-refractivity contribution >= 4 is 34.4 Å². The Morgan fingerprint density at radius 1 is 1.29 bits per heavy atom. The van der Waals surface area contributed by atoms with Crippen LogP contribution in [0.15, 0.2) is 24.3 Å². The lowest BCUT2D eigenvalue weighted by Gasteiger charge is -2.22. The van der Waals surface area contributed by atoms with Crippen molar-refractivity contribution in [3.63, 3.8) is 0 Å². The largest absolute Gasteiger partial charge is 0.271 e. The van der Waals surface area contributed by atoms with Crippen molar-refractivity contribution in [1.82, 2.24) is 5.43 Å². The molecule has 17 heavy (non-hydrogen) atoms. The second-order valence-corrected chi connectivity index (χ2v) is 8.21. The number of thioether (sulfide) groups is 1. The van der Waals surface area contributed by atoms with Gasteiger partial charge in [0.2, 0.25) is 0 Å². The first kappa shape index (κ1) is 15.3. The highest BCUT2D eigenvalue weighted by atomic mass is 127. The van der Waals surface area contributed by atoms with Gasteiger partial charge in [0.1, 0.15) is 0 Å². The van der Waals surface area contributed by atoms with E-state index in [-0.39, 0.29) is 0 Å². The summed E-state index contributed by atoms with van der Waals surface area (Å²) < 4.78 is 1.56. The minimum atomic E-state index is 0.293. The summed E-state index contributed by atoms with van der Waals surface area (Å²) in [4.78, 5) is 0. The second-order valence-electron chi connectivity index (χ2n) is 5.12. The highest BCUT2D eigenvalue weighted by molar-refractivity contribution is 14.1. The van der Waals surface area contributed by atoms with E-state index in [1.807, 2.05) is 11.8 Å². The van der Waals surface area contributed by atoms with E-state index in [2.05, 4.69) is 73.1 Å². The molecule has 0 spiro atoms. The quantitative estimate of drug-likeness (QED) is 0.479. The Bertz CT molecular complexity index is 332. The van der Waals surface area contributed by atoms with E-state index in [9.17, 15) is 0 Å². The molecule has 0 saturated carbocycles. The van der Waals surface area contributed by atoms with Crippen molar-refractivity contribution in [2.45, 2.75) is 38.0 Å². The lowest BCUT2D eigenvalue weighted by atomic mass is 10.1. The summed E-state index contributed by atoms with van der Waals surface area (Å²) >= 11 is 4.27. The van der Waals surface area contributed by atoms with Gasteiger partial charge >= 0.3 is 0 Å². The van der Waals surface area contributed by atoms with Gasteiger partial charge in [-0.15, -0.1) is 0 Å². The fraction of sp³-hybridized carbons (Fsp3) is 0.538. The molecule has 2 nitrogen and oxygen atoms in total. The third-order valence-corrected chi connectivity index (χ3v) is 4.50. The highest BCUT2D eigenvalue weighted by Gasteiger charge is 2.15. The van der Waals surface area contributed by atoms with Gasteiger partial charge in [-0.3, -0.25) is 11.3 Å². The monoisotopic (exact) mass is 364 g/mol. The van der Waals surface area contributed by atoms with Crippen LogP contribution in [0.3, 0.4) is 0 Å². The standard InChI is InChI=1S/C13H21IN2S/c1-13(2,3)17-9-12(16-15)8-10-4-6-11(14)7-5-10/h4-7,12,16H,8-9,15H2,1-3H3. The Balaban J connectivity index is 2.49. The van der Waals surface area contributed by atoms with Gasteiger partial charge in [-0.1, -0.05) is 32.9 Å². The molecule has 0 bridgehead atoms. The van der Waals surface area contributed by atoms with Crippen molar-refractivity contribution in [3.8, 4) is 0 Å². The summed E-state index contributed by atoms with van der Waals surface area (Å²) in [7, 11) is 0. The zero-order chi connectivity index (χ0) is 12.9. The molecule has 4 heteroatoms. The van der Waals surface area contributed by atoms with Gasteiger partial charge in [-0.25, -0.2) is 0 Å². The van der Waals surface area contributed by atoms with Crippen molar-refractivity contribution in [3.05, 3.63) is 33.4 Å². The maximum Gasteiger partial charge on any atom is 0.0341 e. The molecule has 0 fully saturated rings. The average molecular weight is 364 g/mol. The lowest BCUT2D eigenvalue weighted by Crippen LogP contribution is -2.39. The molecule has 96 valence electrons. The Morgan fingerprint density at radius 3 is 2.35 bits per heavy atom. The van der Waals surface area contributed by atoms with Crippen LogP contribution in [0.4, 0.5) is 0 Å². The topological polar surface area (TPSA) is 38.0 Å². The van der Waals surface area contributed by atoms with Gasteiger partial charge < -0.3 is 0 Å². The van der Waals surface area contributed by atoms with Crippen LogP contribution in [0.2, 0.25) is 0 Å². The molecule has 0 aromatic heterocycles. The Labute approximate surface area is 122 Å². The minimum absolute atomic E-state index is 0.293. The number of rotatable bonds is 5. The molecule has 1 atom stereocenters. The first-order chi connectivity index (χ1) is 7.90. The molecule has 1 rings (SSSR count). The summed E-state index contributed by atoms with van der Waals surface area (Å²) in [6.45, 7) is 6.70. The Morgan fingerprint density at radius 2 is 1.88 bits per heavy atom. The molecule has 0 aliphatic carbocycles. The predicted octanol–water partition coefficient (Wildman–Crippen LogP) is 3.20. The highest BCUT2D eigenvalue weighted by Crippen LogP contribution is 2.24. The van der Waals surface area contributed by atoms with E-state index in [0.29, 0.717) is 10.8 Å². The van der Waals surface area contributed by atoms with Gasteiger partial charge in [0.25, 0.3) is 0 Å². The third kappa shape index (κ3) is 6.64. The summed E-state index contributed by atoms with van der Waals surface area (Å²) in [6, 6.07) is 8.96. The maximum absolute atomic E-state index is 5.62. The first-order valence-electron chi connectivity index (χ1n) is 5.75. The molecule has 0 heterocycles. The van der Waals surface area contributed by atoms with Crippen molar-refractivity contribution in [1.29, 1.82) is 0 Å². The molecule has 0 aliphatic rings. The summed E-state index contributed by atoms with van der Waals surface area (Å²) in [6.07, 6.45) is 0.983. The van der Waals surface area contributed by atoms with Crippen molar-refractivity contribution in [2.24, 2.45) is 5.84 Å². The van der Waals surface area contributed by atoms with Gasteiger partial charge in [0.05, 0.1) is 0 Å². The normalized spacial score (nSPS) is 13.7. The summed E-state index contributed by atoms with van der Waals surface area (Å²) in [5.74, 6) is 6.65. The van der Waals surface area contributed by atoms with Crippen molar-refractivity contribution in [2.75, 3.05) is 5.75 Å². The second kappa shape index (κ2) is 6.97. The van der Waals surface area contributed by atoms with Gasteiger partial charge in [0, 0.05) is 20.1 Å². The molecule has 1 unspecified atom stereocenters. The van der Waals surface area contributed by atoms with E-state index in [1.54, 1.807) is 0 Å². The summed E-state index contributed by atoms with van der Waals surface area (Å²) in [5.41, 5.74) is 4.25. The van der Waals surface area contributed by atoms with Crippen LogP contribution >= 0.6 is 34.4 Å². The molecular weight excluding hydrogens is 343 g/mol. The molecule has 1 aromatic carbocycles. The lowest BCUT2D eigenvalue weighted by molar-refractivity contribution is 0.573. The maximum atomic E-state index is 5.62. The molecule has 1 aromatic rings. The van der Waals surface area contributed by atoms with Gasteiger partial charge in [-0.05, 0) is 46.7 Å². The van der Waals surface area contributed by atoms with E-state index >= 15 is 0 Å². The number of halogens is 1. The minimum Gasteiger partial charge on any atom is -0.271 e. The first-order valence-corrected chi connectivity index (χ1v) is 7.81. The SMILES string of the molecule is CC(C)(C)SCC(Cc1ccc(I)cc1)NN. The van der Waals surface area contributed by atoms with E-state index < -0.39 is 0 Å². The third-order valence-electron chi connectivity index (χ3n) is 2.35. The van der Waals surface area contributed by atoms with Crippen LogP contribution in [-0.4, -0.2) is 16.5 Å². The van der Waals surface area contributed by atoms with E-state index in [1.165, 1.54) is 9.13 Å². The number of hydrogen-bond donors (Lipinski definition) is 2. The zero-order valence-corrected chi connectivity index (χ0v) is 13.6. The van der Waals surface area contributed by atoms with Crippen LogP contribution in [-0.2, 0) is 6.42 Å². The predicted molar refractivity (Wildman–Crippen MR) is 86.2 cm³/mol. The number of hydrogen-bond acceptors (Lipinski definition) is 3. The number of nitrogens with two attached hydrogens (primary N) is 1. The van der Waals surface area contributed by atoms with Crippen LogP contribution in [0.5, 0.6) is 0 Å². The average Bonchev–Trinajstić information content (AvgIpc) is 2.25. The smallest absolute Gasteiger partial charge is 0.0341 e. The zero-order valence-electron chi connectivity index (χ0n) is 10.7. The Kier molecular flexibility index (Phi) is 6.26. The van der Waals surface area contributed by atoms with Gasteiger partial charge in [-0.2, -0.15) is 11.8 Å². The summed E-state index contributed by atoms with van der Waals surface area (Å²) in [5, 5.41) is 0. The van der Waals surface area contributed by atoms with Gasteiger partial charge in [0.15, 0.2) is 0 Å². The molecule has 0 amide bonds. The van der Waals surface area contributed by atoms with Crippen LogP contribution in [0.25, 0.3) is 0 Å². The molecule has 0 saturated heterocycles. The fourth-order valence-corrected chi connectivity index (χ4v) is 2.70. The van der Waals surface area contributed by atoms with Crippen LogP contribution in [0, 0.1) is 3.57 Å². The molecule has 0 radical (unpaired) electrons. The number of benzene rings is 1. The number of nitrogens with one attached hydrogen (secondary N) is 1. The Hall–Kier alpha value is 0.220. The molecule has 3 N–H and O–H groups in total. The fourth-order valence-electron chi connectivity index (χ4n) is 1.42. The molecular formula is C13H21IN2S. The van der Waals surface area contributed by atoms with Crippen LogP contribution in [0.1, 0.15) is 26.3 Å². The van der Waals surface area contributed by atoms with E-state index in [4.69, 9.17) is 5.84 Å². The van der Waals surface area contributed by atoms with E-state index in [0.717, 1.165) is 12.2 Å². The van der Waals surface area contributed by atoms with Crippen LogP contribution < -0.4 is 11.3 Å². The van der Waals surface area contributed by atoms with Crippen molar-refractivity contribution < 1.29 is 0 Å². The number of hydrazine groups is 1. The molecule has 0 aliphatic heterocycles.